The minimum absolute atomic E-state index is 0.649. The molecular formula is C12H18ClNOS. The molecule has 4 heteroatoms. The van der Waals surface area contributed by atoms with E-state index in [9.17, 15) is 0 Å². The molecule has 90 valence electrons. The number of methoxy groups -OCH3 is 1. The standard InChI is InChI=1S/C12H18ClNOS/c1-3-16-8-4-7-14-10-5-6-12(15-2)11(13)9-10/h5-6,9,14H,3-4,7-8H2,1-2H3. The Hall–Kier alpha value is -0.540. The number of halogens is 1. The molecule has 1 rings (SSSR count). The van der Waals surface area contributed by atoms with E-state index >= 15 is 0 Å². The molecule has 0 amide bonds. The van der Waals surface area contributed by atoms with Gasteiger partial charge in [-0.2, -0.15) is 11.8 Å². The summed E-state index contributed by atoms with van der Waals surface area (Å²) in [5, 5.41) is 3.99. The van der Waals surface area contributed by atoms with Crippen LogP contribution in [0.1, 0.15) is 13.3 Å². The van der Waals surface area contributed by atoms with Gasteiger partial charge in [-0.25, -0.2) is 0 Å². The summed E-state index contributed by atoms with van der Waals surface area (Å²) >= 11 is 7.99. The molecule has 0 aromatic heterocycles. The lowest BCUT2D eigenvalue weighted by molar-refractivity contribution is 0.415. The molecule has 0 saturated heterocycles. The van der Waals surface area contributed by atoms with Crippen molar-refractivity contribution in [2.75, 3.05) is 30.5 Å². The lowest BCUT2D eigenvalue weighted by Crippen LogP contribution is -2.02. The zero-order valence-corrected chi connectivity index (χ0v) is 11.3. The lowest BCUT2D eigenvalue weighted by Gasteiger charge is -2.08. The van der Waals surface area contributed by atoms with Gasteiger partial charge in [0.1, 0.15) is 5.75 Å². The number of thioether (sulfide) groups is 1. The summed E-state index contributed by atoms with van der Waals surface area (Å²) in [5.41, 5.74) is 1.05. The maximum absolute atomic E-state index is 6.02. The molecule has 0 heterocycles. The van der Waals surface area contributed by atoms with Crippen LogP contribution >= 0.6 is 23.4 Å². The molecule has 1 N–H and O–H groups in total. The van der Waals surface area contributed by atoms with Crippen LogP contribution in [0.25, 0.3) is 0 Å². The van der Waals surface area contributed by atoms with Crippen molar-refractivity contribution in [2.24, 2.45) is 0 Å². The van der Waals surface area contributed by atoms with Crippen molar-refractivity contribution < 1.29 is 4.74 Å². The van der Waals surface area contributed by atoms with Gasteiger partial charge < -0.3 is 10.1 Å². The predicted octanol–water partition coefficient (Wildman–Crippen LogP) is 3.90. The third kappa shape index (κ3) is 4.54. The Morgan fingerprint density at radius 3 is 2.88 bits per heavy atom. The molecule has 0 aliphatic carbocycles. The van der Waals surface area contributed by atoms with E-state index in [0.717, 1.165) is 12.2 Å². The van der Waals surface area contributed by atoms with E-state index in [0.29, 0.717) is 10.8 Å². The van der Waals surface area contributed by atoms with Gasteiger partial charge in [0.2, 0.25) is 0 Å². The molecule has 0 fully saturated rings. The summed E-state index contributed by atoms with van der Waals surface area (Å²) in [6, 6.07) is 5.76. The number of hydrogen-bond acceptors (Lipinski definition) is 3. The van der Waals surface area contributed by atoms with Gasteiger partial charge in [-0.15, -0.1) is 0 Å². The highest BCUT2D eigenvalue weighted by atomic mass is 35.5. The SMILES string of the molecule is CCSCCCNc1ccc(OC)c(Cl)c1. The average molecular weight is 260 g/mol. The molecular weight excluding hydrogens is 242 g/mol. The summed E-state index contributed by atoms with van der Waals surface area (Å²) in [6.45, 7) is 3.16. The molecule has 0 saturated carbocycles. The molecule has 0 bridgehead atoms. The van der Waals surface area contributed by atoms with Crippen molar-refractivity contribution in [2.45, 2.75) is 13.3 Å². The van der Waals surface area contributed by atoms with E-state index in [1.807, 2.05) is 30.0 Å². The van der Waals surface area contributed by atoms with Crippen molar-refractivity contribution in [3.63, 3.8) is 0 Å². The molecule has 0 unspecified atom stereocenters. The monoisotopic (exact) mass is 259 g/mol. The third-order valence-corrected chi connectivity index (χ3v) is 3.43. The first-order valence-electron chi connectivity index (χ1n) is 5.43. The number of hydrogen-bond donors (Lipinski definition) is 1. The van der Waals surface area contributed by atoms with Crippen LogP contribution in [0.5, 0.6) is 5.75 Å². The Kier molecular flexibility index (Phi) is 6.50. The normalized spacial score (nSPS) is 10.2. The predicted molar refractivity (Wildman–Crippen MR) is 74.1 cm³/mol. The van der Waals surface area contributed by atoms with Gasteiger partial charge in [0.25, 0.3) is 0 Å². The van der Waals surface area contributed by atoms with Crippen LogP contribution < -0.4 is 10.1 Å². The minimum atomic E-state index is 0.649. The Labute approximate surface area is 107 Å². The minimum Gasteiger partial charge on any atom is -0.495 e. The van der Waals surface area contributed by atoms with Crippen molar-refractivity contribution in [3.05, 3.63) is 23.2 Å². The van der Waals surface area contributed by atoms with Crippen LogP contribution in [-0.4, -0.2) is 25.2 Å². The van der Waals surface area contributed by atoms with Gasteiger partial charge in [-0.3, -0.25) is 0 Å². The largest absolute Gasteiger partial charge is 0.495 e. The molecule has 0 spiro atoms. The Balaban J connectivity index is 2.34. The average Bonchev–Trinajstić information content (AvgIpc) is 2.29. The van der Waals surface area contributed by atoms with Crippen LogP contribution in [0.4, 0.5) is 5.69 Å². The summed E-state index contributed by atoms with van der Waals surface area (Å²) in [7, 11) is 1.62. The number of rotatable bonds is 7. The smallest absolute Gasteiger partial charge is 0.137 e. The summed E-state index contributed by atoms with van der Waals surface area (Å²) in [6.07, 6.45) is 1.17. The number of anilines is 1. The highest BCUT2D eigenvalue weighted by Crippen LogP contribution is 2.27. The third-order valence-electron chi connectivity index (χ3n) is 2.15. The fraction of sp³-hybridized carbons (Fsp3) is 0.500. The molecule has 0 aliphatic heterocycles. The fourth-order valence-electron chi connectivity index (χ4n) is 1.33. The van der Waals surface area contributed by atoms with Crippen LogP contribution in [0, 0.1) is 0 Å². The second kappa shape index (κ2) is 7.69. The summed E-state index contributed by atoms with van der Waals surface area (Å²) < 4.78 is 5.09. The lowest BCUT2D eigenvalue weighted by atomic mass is 10.3. The van der Waals surface area contributed by atoms with Gasteiger partial charge in [0, 0.05) is 12.2 Å². The van der Waals surface area contributed by atoms with Gasteiger partial charge >= 0.3 is 0 Å². The van der Waals surface area contributed by atoms with Crippen molar-refractivity contribution in [1.82, 2.24) is 0 Å². The quantitative estimate of drug-likeness (QED) is 0.751. The van der Waals surface area contributed by atoms with Gasteiger partial charge in [-0.1, -0.05) is 18.5 Å². The second-order valence-electron chi connectivity index (χ2n) is 3.33. The molecule has 1 aromatic rings. The van der Waals surface area contributed by atoms with Crippen LogP contribution in [-0.2, 0) is 0 Å². The Morgan fingerprint density at radius 1 is 1.44 bits per heavy atom. The first kappa shape index (κ1) is 13.5. The summed E-state index contributed by atoms with van der Waals surface area (Å²) in [5.74, 6) is 3.11. The van der Waals surface area contributed by atoms with Crippen molar-refractivity contribution in [3.8, 4) is 5.75 Å². The van der Waals surface area contributed by atoms with E-state index in [1.54, 1.807) is 7.11 Å². The topological polar surface area (TPSA) is 21.3 Å². The first-order valence-corrected chi connectivity index (χ1v) is 6.96. The van der Waals surface area contributed by atoms with Crippen LogP contribution in [0.2, 0.25) is 5.02 Å². The Bertz CT molecular complexity index is 320. The van der Waals surface area contributed by atoms with E-state index in [2.05, 4.69) is 12.2 Å². The zero-order valence-electron chi connectivity index (χ0n) is 9.75. The zero-order chi connectivity index (χ0) is 11.8. The fourth-order valence-corrected chi connectivity index (χ4v) is 2.22. The van der Waals surface area contributed by atoms with E-state index in [1.165, 1.54) is 17.9 Å². The molecule has 0 radical (unpaired) electrons. The van der Waals surface area contributed by atoms with Gasteiger partial charge in [0.05, 0.1) is 12.1 Å². The van der Waals surface area contributed by atoms with Crippen LogP contribution in [0.3, 0.4) is 0 Å². The molecule has 1 aromatic carbocycles. The molecule has 0 aliphatic rings. The first-order chi connectivity index (χ1) is 7.77. The maximum atomic E-state index is 6.02. The van der Waals surface area contributed by atoms with Gasteiger partial charge in [-0.05, 0) is 36.1 Å². The van der Waals surface area contributed by atoms with Crippen LogP contribution in [0.15, 0.2) is 18.2 Å². The number of ether oxygens (including phenoxy) is 1. The van der Waals surface area contributed by atoms with E-state index in [-0.39, 0.29) is 0 Å². The van der Waals surface area contributed by atoms with Crippen molar-refractivity contribution in [1.29, 1.82) is 0 Å². The highest BCUT2D eigenvalue weighted by molar-refractivity contribution is 7.99. The van der Waals surface area contributed by atoms with E-state index in [4.69, 9.17) is 16.3 Å². The Morgan fingerprint density at radius 2 is 2.25 bits per heavy atom. The van der Waals surface area contributed by atoms with Gasteiger partial charge in [0.15, 0.2) is 0 Å². The number of benzene rings is 1. The molecule has 0 atom stereocenters. The second-order valence-corrected chi connectivity index (χ2v) is 5.13. The van der Waals surface area contributed by atoms with E-state index < -0.39 is 0 Å². The molecule has 2 nitrogen and oxygen atoms in total. The highest BCUT2D eigenvalue weighted by Gasteiger charge is 2.00. The maximum Gasteiger partial charge on any atom is 0.137 e. The van der Waals surface area contributed by atoms with Crippen molar-refractivity contribution >= 4 is 29.1 Å². The molecule has 16 heavy (non-hydrogen) atoms. The summed E-state index contributed by atoms with van der Waals surface area (Å²) in [4.78, 5) is 0. The number of nitrogens with one attached hydrogen (secondary N) is 1.